The van der Waals surface area contributed by atoms with Crippen LogP contribution in [0.15, 0.2) is 5.38 Å². The highest BCUT2D eigenvalue weighted by atomic mass is 32.1. The van der Waals surface area contributed by atoms with E-state index >= 15 is 0 Å². The van der Waals surface area contributed by atoms with E-state index in [1.807, 2.05) is 34.7 Å². The number of likely N-dealkylation sites (tertiary alicyclic amines) is 1. The van der Waals surface area contributed by atoms with Gasteiger partial charge in [0.1, 0.15) is 17.0 Å². The van der Waals surface area contributed by atoms with Crippen molar-refractivity contribution in [2.24, 2.45) is 17.8 Å². The Kier molecular flexibility index (Phi) is 13.3. The fourth-order valence-corrected chi connectivity index (χ4v) is 5.46. The van der Waals surface area contributed by atoms with Crippen molar-refractivity contribution in [1.82, 2.24) is 20.3 Å². The summed E-state index contributed by atoms with van der Waals surface area (Å²) in [5.74, 6) is -0.794. The summed E-state index contributed by atoms with van der Waals surface area (Å²) >= 11 is 1.05. The lowest BCUT2D eigenvalue weighted by molar-refractivity contribution is -0.214. The lowest BCUT2D eigenvalue weighted by atomic mass is 9.88. The third-order valence-corrected chi connectivity index (χ3v) is 8.26. The molecule has 0 bridgehead atoms. The molecule has 1 saturated heterocycles. The van der Waals surface area contributed by atoms with Crippen LogP contribution in [0.2, 0.25) is 0 Å². The first-order valence-corrected chi connectivity index (χ1v) is 14.7. The van der Waals surface area contributed by atoms with Crippen LogP contribution in [-0.4, -0.2) is 75.4 Å². The zero-order valence-electron chi connectivity index (χ0n) is 23.8. The number of thiazole rings is 1. The van der Waals surface area contributed by atoms with Gasteiger partial charge in [0.25, 0.3) is 5.91 Å². The Labute approximate surface area is 236 Å². The van der Waals surface area contributed by atoms with E-state index in [4.69, 9.17) is 11.3 Å². The van der Waals surface area contributed by atoms with Gasteiger partial charge in [-0.15, -0.1) is 23.7 Å². The van der Waals surface area contributed by atoms with Gasteiger partial charge in [0.2, 0.25) is 5.91 Å². The summed E-state index contributed by atoms with van der Waals surface area (Å²) < 4.78 is 0. The van der Waals surface area contributed by atoms with Crippen LogP contribution in [0.1, 0.15) is 94.2 Å². The minimum absolute atomic E-state index is 0.0608. The van der Waals surface area contributed by atoms with Crippen LogP contribution in [0.25, 0.3) is 0 Å². The van der Waals surface area contributed by atoms with Crippen LogP contribution in [0, 0.1) is 30.1 Å². The number of piperidine rings is 1. The van der Waals surface area contributed by atoms with Crippen LogP contribution >= 0.6 is 11.3 Å². The standard InChI is InChI=1S/C28H44N4O6S/c1-7-9-12-15-38-32(21(18(3)4)16-22(33)26-29-20(17-39-26)28(36)37)27(35)24(19(5)8-2)25(34)30-23-13-10-11-14-31(23)6/h1,17-19,21-24,33H,8-16H2,2-6H3,(H,30,34)(H,36,37)/t19-,21+,22+,23+,24-/m0/s1. The van der Waals surface area contributed by atoms with Gasteiger partial charge >= 0.3 is 5.97 Å². The molecule has 2 heterocycles. The lowest BCUT2D eigenvalue weighted by Crippen LogP contribution is -2.55. The van der Waals surface area contributed by atoms with E-state index in [0.717, 1.165) is 37.1 Å². The Morgan fingerprint density at radius 3 is 2.62 bits per heavy atom. The van der Waals surface area contributed by atoms with E-state index in [1.165, 1.54) is 10.4 Å². The number of rotatable bonds is 15. The van der Waals surface area contributed by atoms with E-state index < -0.39 is 29.9 Å². The highest BCUT2D eigenvalue weighted by Crippen LogP contribution is 2.30. The summed E-state index contributed by atoms with van der Waals surface area (Å²) in [6.07, 6.45) is 8.71. The molecule has 0 aromatic carbocycles. The predicted octanol–water partition coefficient (Wildman–Crippen LogP) is 3.68. The summed E-state index contributed by atoms with van der Waals surface area (Å²) in [6, 6.07) is -0.604. The fraction of sp³-hybridized carbons (Fsp3) is 0.714. The van der Waals surface area contributed by atoms with Gasteiger partial charge in [0.05, 0.1) is 18.8 Å². The average Bonchev–Trinajstić information content (AvgIpc) is 3.40. The second kappa shape index (κ2) is 15.9. The van der Waals surface area contributed by atoms with Gasteiger partial charge in [-0.25, -0.2) is 14.8 Å². The Balaban J connectivity index is 2.35. The molecule has 1 fully saturated rings. The number of hydrogen-bond acceptors (Lipinski definition) is 8. The topological polar surface area (TPSA) is 132 Å². The van der Waals surface area contributed by atoms with Gasteiger partial charge in [0.15, 0.2) is 5.69 Å². The van der Waals surface area contributed by atoms with Crippen molar-refractivity contribution >= 4 is 29.1 Å². The number of aromatic nitrogens is 1. The number of carbonyl (C=O) groups is 3. The third-order valence-electron chi connectivity index (χ3n) is 7.32. The number of carboxylic acids is 1. The zero-order valence-corrected chi connectivity index (χ0v) is 24.6. The number of terminal acetylenes is 1. The molecule has 0 spiro atoms. The van der Waals surface area contributed by atoms with Gasteiger partial charge in [-0.3, -0.25) is 19.3 Å². The molecular weight excluding hydrogens is 520 g/mol. The van der Waals surface area contributed by atoms with Crippen LogP contribution in [0.5, 0.6) is 0 Å². The van der Waals surface area contributed by atoms with Crippen molar-refractivity contribution in [1.29, 1.82) is 0 Å². The van der Waals surface area contributed by atoms with Crippen molar-refractivity contribution in [3.05, 3.63) is 16.1 Å². The zero-order chi connectivity index (χ0) is 29.1. The van der Waals surface area contributed by atoms with Crippen molar-refractivity contribution in [3.8, 4) is 12.3 Å². The first-order chi connectivity index (χ1) is 18.5. The molecule has 3 N–H and O–H groups in total. The maximum atomic E-state index is 14.1. The summed E-state index contributed by atoms with van der Waals surface area (Å²) in [7, 11) is 1.97. The van der Waals surface area contributed by atoms with E-state index in [9.17, 15) is 24.6 Å². The number of aromatic carboxylic acids is 1. The fourth-order valence-electron chi connectivity index (χ4n) is 4.67. The molecule has 0 aliphatic carbocycles. The molecule has 218 valence electrons. The summed E-state index contributed by atoms with van der Waals surface area (Å²) in [5.41, 5.74) is -0.144. The lowest BCUT2D eigenvalue weighted by Gasteiger charge is -2.38. The molecule has 5 atom stereocenters. The highest BCUT2D eigenvalue weighted by molar-refractivity contribution is 7.09. The van der Waals surface area contributed by atoms with Crippen molar-refractivity contribution < 1.29 is 29.4 Å². The molecular formula is C28H44N4O6S. The molecule has 1 aromatic heterocycles. The molecule has 2 rings (SSSR count). The minimum atomic E-state index is -1.18. The molecule has 39 heavy (non-hydrogen) atoms. The normalized spacial score (nSPS) is 19.1. The van der Waals surface area contributed by atoms with Crippen molar-refractivity contribution in [2.75, 3.05) is 20.2 Å². The molecule has 1 aliphatic heterocycles. The van der Waals surface area contributed by atoms with E-state index in [-0.39, 0.29) is 47.6 Å². The maximum absolute atomic E-state index is 14.1. The van der Waals surface area contributed by atoms with E-state index in [2.05, 4.69) is 21.1 Å². The number of aliphatic hydroxyl groups excluding tert-OH is 1. The first-order valence-electron chi connectivity index (χ1n) is 13.8. The minimum Gasteiger partial charge on any atom is -0.476 e. The molecule has 1 aliphatic rings. The Bertz CT molecular complexity index is 993. The predicted molar refractivity (Wildman–Crippen MR) is 149 cm³/mol. The number of amides is 2. The number of carboxylic acid groups (broad SMARTS) is 1. The van der Waals surface area contributed by atoms with Crippen LogP contribution in [0.4, 0.5) is 0 Å². The second-order valence-electron chi connectivity index (χ2n) is 10.6. The van der Waals surface area contributed by atoms with Crippen molar-refractivity contribution in [3.63, 3.8) is 0 Å². The first kappa shape index (κ1) is 32.7. The second-order valence-corrected chi connectivity index (χ2v) is 11.5. The SMILES string of the molecule is C#CCCCON(C(=O)[C@H](C(=O)N[C@H]1CCCCN1C)[C@@H](C)CC)[C@H](C[C@@H](O)c1nc(C(=O)O)cs1)C(C)C. The summed E-state index contributed by atoms with van der Waals surface area (Å²) in [6.45, 7) is 8.69. The average molecular weight is 565 g/mol. The van der Waals surface area contributed by atoms with E-state index in [0.29, 0.717) is 19.3 Å². The molecule has 2 amide bonds. The molecule has 0 saturated carbocycles. The largest absolute Gasteiger partial charge is 0.476 e. The Hall–Kier alpha value is -2.52. The summed E-state index contributed by atoms with van der Waals surface area (Å²) in [5, 5.41) is 26.1. The Morgan fingerprint density at radius 1 is 1.33 bits per heavy atom. The highest BCUT2D eigenvalue weighted by Gasteiger charge is 2.41. The number of carbonyl (C=O) groups excluding carboxylic acids is 2. The quantitative estimate of drug-likeness (QED) is 0.127. The molecule has 0 radical (unpaired) electrons. The summed E-state index contributed by atoms with van der Waals surface area (Å²) in [4.78, 5) is 51.2. The van der Waals surface area contributed by atoms with Gasteiger partial charge in [-0.2, -0.15) is 0 Å². The molecule has 11 heteroatoms. The molecule has 0 unspecified atom stereocenters. The van der Waals surface area contributed by atoms with Crippen molar-refractivity contribution in [2.45, 2.75) is 91.0 Å². The molecule has 1 aromatic rings. The number of aliphatic hydroxyl groups is 1. The van der Waals surface area contributed by atoms with Gasteiger partial charge in [-0.05, 0) is 51.1 Å². The monoisotopic (exact) mass is 564 g/mol. The van der Waals surface area contributed by atoms with Gasteiger partial charge in [0, 0.05) is 18.2 Å². The number of hydroxylamine groups is 2. The van der Waals surface area contributed by atoms with Crippen LogP contribution in [-0.2, 0) is 14.4 Å². The third kappa shape index (κ3) is 9.28. The smallest absolute Gasteiger partial charge is 0.355 e. The number of nitrogens with one attached hydrogen (secondary N) is 1. The van der Waals surface area contributed by atoms with Crippen LogP contribution in [0.3, 0.4) is 0 Å². The maximum Gasteiger partial charge on any atom is 0.355 e. The number of nitrogens with zero attached hydrogens (tertiary/aromatic N) is 3. The number of unbranched alkanes of at least 4 members (excludes halogenated alkanes) is 1. The van der Waals surface area contributed by atoms with Crippen LogP contribution < -0.4 is 5.32 Å². The van der Waals surface area contributed by atoms with Gasteiger partial charge < -0.3 is 15.5 Å². The number of hydrogen-bond donors (Lipinski definition) is 3. The van der Waals surface area contributed by atoms with E-state index in [1.54, 1.807) is 0 Å². The molecule has 10 nitrogen and oxygen atoms in total. The van der Waals surface area contributed by atoms with Gasteiger partial charge in [-0.1, -0.05) is 34.1 Å². The Morgan fingerprint density at radius 2 is 2.05 bits per heavy atom.